The van der Waals surface area contributed by atoms with Crippen molar-refractivity contribution in [1.82, 2.24) is 0 Å². The standard InChI is InChI=1S/C8H6Cl2O3S/c1-14(12,13)6-4-2-3-5(7(6)9)8(10)11/h2-4H,1H3. The van der Waals surface area contributed by atoms with E-state index in [4.69, 9.17) is 23.2 Å². The molecule has 0 saturated heterocycles. The summed E-state index contributed by atoms with van der Waals surface area (Å²) in [5.41, 5.74) is -0.00346. The topological polar surface area (TPSA) is 51.2 Å². The fourth-order valence-corrected chi connectivity index (χ4v) is 2.55. The molecule has 0 amide bonds. The molecule has 1 rings (SSSR count). The third-order valence-corrected chi connectivity index (χ3v) is 3.44. The van der Waals surface area contributed by atoms with Crippen molar-refractivity contribution in [2.45, 2.75) is 4.90 Å². The highest BCUT2D eigenvalue weighted by Crippen LogP contribution is 2.26. The summed E-state index contributed by atoms with van der Waals surface area (Å²) in [6.45, 7) is 0. The highest BCUT2D eigenvalue weighted by Gasteiger charge is 2.17. The van der Waals surface area contributed by atoms with Crippen LogP contribution in [0.1, 0.15) is 10.4 Å². The smallest absolute Gasteiger partial charge is 0.253 e. The molecule has 0 bridgehead atoms. The van der Waals surface area contributed by atoms with Crippen LogP contribution < -0.4 is 0 Å². The van der Waals surface area contributed by atoms with Crippen LogP contribution in [0.15, 0.2) is 23.1 Å². The van der Waals surface area contributed by atoms with E-state index in [0.717, 1.165) is 6.26 Å². The zero-order valence-corrected chi connectivity index (χ0v) is 9.45. The lowest BCUT2D eigenvalue weighted by molar-refractivity contribution is 0.108. The summed E-state index contributed by atoms with van der Waals surface area (Å²) in [5, 5.41) is -0.907. The Morgan fingerprint density at radius 2 is 1.93 bits per heavy atom. The Morgan fingerprint density at radius 3 is 2.36 bits per heavy atom. The molecule has 0 heterocycles. The molecule has 0 atom stereocenters. The summed E-state index contributed by atoms with van der Waals surface area (Å²) in [6.07, 6.45) is 1.01. The van der Waals surface area contributed by atoms with Crippen molar-refractivity contribution in [3.63, 3.8) is 0 Å². The Hall–Kier alpha value is -0.580. The van der Waals surface area contributed by atoms with Gasteiger partial charge in [0.2, 0.25) is 0 Å². The zero-order valence-electron chi connectivity index (χ0n) is 7.12. The second-order valence-electron chi connectivity index (χ2n) is 2.66. The van der Waals surface area contributed by atoms with E-state index in [1.807, 2.05) is 0 Å². The Kier molecular flexibility index (Phi) is 3.19. The highest BCUT2D eigenvalue weighted by molar-refractivity contribution is 7.90. The fraction of sp³-hybridized carbons (Fsp3) is 0.125. The molecule has 0 aliphatic heterocycles. The summed E-state index contributed by atoms with van der Waals surface area (Å²) in [6, 6.07) is 4.10. The van der Waals surface area contributed by atoms with Crippen LogP contribution >= 0.6 is 23.2 Å². The van der Waals surface area contributed by atoms with Gasteiger partial charge in [0.05, 0.1) is 15.5 Å². The Labute approximate surface area is 91.6 Å². The molecule has 76 valence electrons. The molecule has 6 heteroatoms. The molecule has 1 aromatic rings. The van der Waals surface area contributed by atoms with Crippen molar-refractivity contribution in [2.24, 2.45) is 0 Å². The number of carbonyl (C=O) groups is 1. The molecule has 0 N–H and O–H groups in total. The molecule has 0 aliphatic rings. The van der Waals surface area contributed by atoms with Crippen molar-refractivity contribution in [3.05, 3.63) is 28.8 Å². The number of halogens is 2. The molecule has 3 nitrogen and oxygen atoms in total. The molecule has 0 aliphatic carbocycles. The van der Waals surface area contributed by atoms with Gasteiger partial charge in [0.1, 0.15) is 0 Å². The molecule has 0 spiro atoms. The zero-order chi connectivity index (χ0) is 10.9. The monoisotopic (exact) mass is 252 g/mol. The second-order valence-corrected chi connectivity index (χ2v) is 5.37. The molecular weight excluding hydrogens is 247 g/mol. The molecule has 0 aromatic heterocycles. The van der Waals surface area contributed by atoms with Gasteiger partial charge in [-0.05, 0) is 23.7 Å². The minimum atomic E-state index is -3.43. The van der Waals surface area contributed by atoms with Crippen molar-refractivity contribution in [2.75, 3.05) is 6.26 Å². The van der Waals surface area contributed by atoms with E-state index in [2.05, 4.69) is 0 Å². The van der Waals surface area contributed by atoms with Gasteiger partial charge in [-0.25, -0.2) is 8.42 Å². The van der Waals surface area contributed by atoms with Gasteiger partial charge < -0.3 is 0 Å². The first kappa shape index (κ1) is 11.5. The number of rotatable bonds is 2. The molecule has 1 aromatic carbocycles. The van der Waals surface area contributed by atoms with Crippen molar-refractivity contribution < 1.29 is 13.2 Å². The summed E-state index contributed by atoms with van der Waals surface area (Å²) in [7, 11) is -3.43. The normalized spacial score (nSPS) is 11.4. The number of carbonyl (C=O) groups excluding carboxylic acids is 1. The van der Waals surface area contributed by atoms with E-state index >= 15 is 0 Å². The fourth-order valence-electron chi connectivity index (χ4n) is 0.949. The highest BCUT2D eigenvalue weighted by atomic mass is 35.5. The molecule has 0 fully saturated rings. The minimum absolute atomic E-state index is 0.00346. The van der Waals surface area contributed by atoms with E-state index in [1.54, 1.807) is 0 Å². The van der Waals surface area contributed by atoms with Crippen LogP contribution in [-0.4, -0.2) is 19.9 Å². The quantitative estimate of drug-likeness (QED) is 0.758. The number of sulfone groups is 1. The molecule has 0 saturated carbocycles. The van der Waals surface area contributed by atoms with E-state index < -0.39 is 15.1 Å². The summed E-state index contributed by atoms with van der Waals surface area (Å²) < 4.78 is 22.4. The van der Waals surface area contributed by atoms with Gasteiger partial charge in [0.25, 0.3) is 5.24 Å². The Balaban J connectivity index is 3.51. The number of benzene rings is 1. The van der Waals surface area contributed by atoms with Crippen molar-refractivity contribution >= 4 is 38.3 Å². The maximum absolute atomic E-state index is 11.2. The first-order valence-corrected chi connectivity index (χ1v) is 6.17. The maximum Gasteiger partial charge on any atom is 0.253 e. The number of hydrogen-bond acceptors (Lipinski definition) is 3. The average molecular weight is 253 g/mol. The predicted molar refractivity (Wildman–Crippen MR) is 54.7 cm³/mol. The number of hydrogen-bond donors (Lipinski definition) is 0. The van der Waals surface area contributed by atoms with Gasteiger partial charge in [-0.1, -0.05) is 17.7 Å². The SMILES string of the molecule is CS(=O)(=O)c1cccc(C(=O)Cl)c1Cl. The van der Waals surface area contributed by atoms with Crippen LogP contribution in [0.25, 0.3) is 0 Å². The lowest BCUT2D eigenvalue weighted by Gasteiger charge is -2.03. The van der Waals surface area contributed by atoms with E-state index in [1.165, 1.54) is 18.2 Å². The van der Waals surface area contributed by atoms with Gasteiger partial charge in [0.15, 0.2) is 9.84 Å². The van der Waals surface area contributed by atoms with Gasteiger partial charge in [-0.15, -0.1) is 0 Å². The first-order valence-electron chi connectivity index (χ1n) is 3.52. The lowest BCUT2D eigenvalue weighted by atomic mass is 10.2. The van der Waals surface area contributed by atoms with Crippen LogP contribution in [0.4, 0.5) is 0 Å². The molecule has 14 heavy (non-hydrogen) atoms. The molecular formula is C8H6Cl2O3S. The second kappa shape index (κ2) is 3.88. The summed E-state index contributed by atoms with van der Waals surface area (Å²) in [4.78, 5) is 10.7. The van der Waals surface area contributed by atoms with Crippen LogP contribution in [0.5, 0.6) is 0 Å². The van der Waals surface area contributed by atoms with E-state index in [-0.39, 0.29) is 15.5 Å². The average Bonchev–Trinajstić information content (AvgIpc) is 2.01. The van der Waals surface area contributed by atoms with Crippen LogP contribution in [0.3, 0.4) is 0 Å². The first-order chi connectivity index (χ1) is 6.34. The predicted octanol–water partition coefficient (Wildman–Crippen LogP) is 2.12. The maximum atomic E-state index is 11.2. The Bertz CT molecular complexity index is 479. The lowest BCUT2D eigenvalue weighted by Crippen LogP contribution is -2.01. The third-order valence-electron chi connectivity index (χ3n) is 1.57. The molecule has 0 radical (unpaired) electrons. The van der Waals surface area contributed by atoms with Crippen molar-refractivity contribution in [3.8, 4) is 0 Å². The summed E-state index contributed by atoms with van der Waals surface area (Å²) in [5.74, 6) is 0. The largest absolute Gasteiger partial charge is 0.276 e. The van der Waals surface area contributed by atoms with Crippen LogP contribution in [-0.2, 0) is 9.84 Å². The summed E-state index contributed by atoms with van der Waals surface area (Å²) >= 11 is 10.9. The van der Waals surface area contributed by atoms with E-state index in [0.29, 0.717) is 0 Å². The van der Waals surface area contributed by atoms with Gasteiger partial charge in [0, 0.05) is 6.26 Å². The van der Waals surface area contributed by atoms with E-state index in [9.17, 15) is 13.2 Å². The van der Waals surface area contributed by atoms with Crippen LogP contribution in [0, 0.1) is 0 Å². The Morgan fingerprint density at radius 1 is 1.36 bits per heavy atom. The van der Waals surface area contributed by atoms with Crippen molar-refractivity contribution in [1.29, 1.82) is 0 Å². The van der Waals surface area contributed by atoms with Gasteiger partial charge >= 0.3 is 0 Å². The molecule has 0 unspecified atom stereocenters. The third kappa shape index (κ3) is 2.26. The van der Waals surface area contributed by atoms with Crippen LogP contribution in [0.2, 0.25) is 5.02 Å². The minimum Gasteiger partial charge on any atom is -0.276 e. The van der Waals surface area contributed by atoms with Gasteiger partial charge in [-0.2, -0.15) is 0 Å². The van der Waals surface area contributed by atoms with Gasteiger partial charge in [-0.3, -0.25) is 4.79 Å².